The Morgan fingerprint density at radius 2 is 1.89 bits per heavy atom. The molecule has 0 bridgehead atoms. The zero-order chi connectivity index (χ0) is 25.3. The first-order valence-corrected chi connectivity index (χ1v) is 11.8. The van der Waals surface area contributed by atoms with Crippen LogP contribution in [-0.4, -0.2) is 82.3 Å². The monoisotopic (exact) mass is 484 g/mol. The molecule has 188 valence electrons. The molecule has 1 N–H and O–H groups in total. The SMILES string of the molecule is CN(CC(=O)NC1CCOC2CCC(C(=O)n3ccc4ccccc43)N2C1=O)C(=O)OC(C)(C)C. The molecule has 1 aromatic heterocycles. The Balaban J connectivity index is 1.45. The van der Waals surface area contributed by atoms with Gasteiger partial charge in [-0.2, -0.15) is 0 Å². The third-order valence-corrected chi connectivity index (χ3v) is 6.15. The van der Waals surface area contributed by atoms with Gasteiger partial charge in [0, 0.05) is 25.1 Å². The Morgan fingerprint density at radius 1 is 1.14 bits per heavy atom. The van der Waals surface area contributed by atoms with Crippen molar-refractivity contribution in [1.29, 1.82) is 0 Å². The average molecular weight is 485 g/mol. The van der Waals surface area contributed by atoms with Crippen molar-refractivity contribution < 1.29 is 28.7 Å². The predicted octanol–water partition coefficient (Wildman–Crippen LogP) is 2.37. The van der Waals surface area contributed by atoms with Crippen LogP contribution in [0.25, 0.3) is 10.9 Å². The number of hydrogen-bond donors (Lipinski definition) is 1. The third kappa shape index (κ3) is 5.32. The number of nitrogens with one attached hydrogen (secondary N) is 1. The number of ether oxygens (including phenoxy) is 2. The number of aromatic nitrogens is 1. The summed E-state index contributed by atoms with van der Waals surface area (Å²) in [6.07, 6.45) is 1.88. The van der Waals surface area contributed by atoms with E-state index >= 15 is 0 Å². The van der Waals surface area contributed by atoms with Gasteiger partial charge in [-0.1, -0.05) is 18.2 Å². The van der Waals surface area contributed by atoms with Gasteiger partial charge in [0.15, 0.2) is 0 Å². The van der Waals surface area contributed by atoms with Crippen molar-refractivity contribution in [3.8, 4) is 0 Å². The topological polar surface area (TPSA) is 110 Å². The van der Waals surface area contributed by atoms with Gasteiger partial charge in [-0.25, -0.2) is 4.79 Å². The third-order valence-electron chi connectivity index (χ3n) is 6.15. The highest BCUT2D eigenvalue weighted by Crippen LogP contribution is 2.30. The van der Waals surface area contributed by atoms with E-state index in [2.05, 4.69) is 5.32 Å². The van der Waals surface area contributed by atoms with E-state index in [-0.39, 0.29) is 31.4 Å². The molecule has 2 saturated heterocycles. The van der Waals surface area contributed by atoms with Gasteiger partial charge in [-0.15, -0.1) is 0 Å². The molecule has 2 aromatic rings. The smallest absolute Gasteiger partial charge is 0.410 e. The van der Waals surface area contributed by atoms with Gasteiger partial charge >= 0.3 is 6.09 Å². The number of rotatable bonds is 4. The minimum absolute atomic E-state index is 0.206. The van der Waals surface area contributed by atoms with Crippen LogP contribution >= 0.6 is 0 Å². The Morgan fingerprint density at radius 3 is 2.63 bits per heavy atom. The van der Waals surface area contributed by atoms with Crippen molar-refractivity contribution in [1.82, 2.24) is 19.7 Å². The highest BCUT2D eigenvalue weighted by molar-refractivity contribution is 5.98. The summed E-state index contributed by atoms with van der Waals surface area (Å²) in [7, 11) is 1.46. The molecule has 4 rings (SSSR count). The Labute approximate surface area is 204 Å². The second kappa shape index (κ2) is 9.69. The van der Waals surface area contributed by atoms with Crippen LogP contribution in [0.15, 0.2) is 36.5 Å². The summed E-state index contributed by atoms with van der Waals surface area (Å²) in [4.78, 5) is 54.4. The number of hydrogen-bond acceptors (Lipinski definition) is 6. The van der Waals surface area contributed by atoms with E-state index in [1.165, 1.54) is 11.9 Å². The van der Waals surface area contributed by atoms with Crippen molar-refractivity contribution in [2.24, 2.45) is 0 Å². The lowest BCUT2D eigenvalue weighted by Crippen LogP contribution is -2.54. The molecule has 3 unspecified atom stereocenters. The van der Waals surface area contributed by atoms with Crippen LogP contribution in [0, 0.1) is 0 Å². The lowest BCUT2D eigenvalue weighted by molar-refractivity contribution is -0.143. The van der Waals surface area contributed by atoms with E-state index in [0.717, 1.165) is 15.8 Å². The maximum absolute atomic E-state index is 13.5. The summed E-state index contributed by atoms with van der Waals surface area (Å²) >= 11 is 0. The number of para-hydroxylation sites is 1. The van der Waals surface area contributed by atoms with E-state index in [9.17, 15) is 19.2 Å². The number of carbonyl (C=O) groups is 4. The molecule has 2 fully saturated rings. The first kappa shape index (κ1) is 24.7. The molecule has 3 amide bonds. The van der Waals surface area contributed by atoms with Crippen LogP contribution in [0.5, 0.6) is 0 Å². The fourth-order valence-electron chi connectivity index (χ4n) is 4.54. The lowest BCUT2D eigenvalue weighted by atomic mass is 10.1. The maximum Gasteiger partial charge on any atom is 0.410 e. The van der Waals surface area contributed by atoms with Gasteiger partial charge in [0.2, 0.25) is 11.8 Å². The summed E-state index contributed by atoms with van der Waals surface area (Å²) in [6, 6.07) is 7.89. The van der Waals surface area contributed by atoms with Gasteiger partial charge in [0.25, 0.3) is 5.91 Å². The van der Waals surface area contributed by atoms with Crippen LogP contribution < -0.4 is 5.32 Å². The summed E-state index contributed by atoms with van der Waals surface area (Å²) < 4.78 is 12.7. The summed E-state index contributed by atoms with van der Waals surface area (Å²) in [5.41, 5.74) is 0.0903. The van der Waals surface area contributed by atoms with Gasteiger partial charge in [-0.3, -0.25) is 19.0 Å². The molecule has 2 aliphatic heterocycles. The number of fused-ring (bicyclic) bond motifs is 2. The number of likely N-dealkylation sites (N-methyl/N-ethyl adjacent to an activating group) is 1. The Hall–Kier alpha value is -3.40. The van der Waals surface area contributed by atoms with Gasteiger partial charge in [0.1, 0.15) is 30.5 Å². The van der Waals surface area contributed by atoms with Crippen molar-refractivity contribution in [3.63, 3.8) is 0 Å². The highest BCUT2D eigenvalue weighted by atomic mass is 16.6. The molecule has 10 nitrogen and oxygen atoms in total. The van der Waals surface area contributed by atoms with E-state index in [1.54, 1.807) is 31.5 Å². The van der Waals surface area contributed by atoms with Crippen molar-refractivity contribution in [2.45, 2.75) is 63.9 Å². The van der Waals surface area contributed by atoms with Crippen LogP contribution in [-0.2, 0) is 19.1 Å². The predicted molar refractivity (Wildman–Crippen MR) is 128 cm³/mol. The van der Waals surface area contributed by atoms with E-state index in [0.29, 0.717) is 12.8 Å². The highest BCUT2D eigenvalue weighted by Gasteiger charge is 2.46. The molecule has 3 heterocycles. The summed E-state index contributed by atoms with van der Waals surface area (Å²) in [5.74, 6) is -1.05. The zero-order valence-corrected chi connectivity index (χ0v) is 20.5. The molecule has 35 heavy (non-hydrogen) atoms. The van der Waals surface area contributed by atoms with Crippen LogP contribution in [0.3, 0.4) is 0 Å². The van der Waals surface area contributed by atoms with Crippen LogP contribution in [0.1, 0.15) is 44.8 Å². The normalized spacial score (nSPS) is 22.5. The summed E-state index contributed by atoms with van der Waals surface area (Å²) in [5, 5.41) is 3.65. The number of benzene rings is 1. The van der Waals surface area contributed by atoms with Gasteiger partial charge < -0.3 is 24.6 Å². The maximum atomic E-state index is 13.5. The van der Waals surface area contributed by atoms with E-state index in [4.69, 9.17) is 9.47 Å². The van der Waals surface area contributed by atoms with E-state index in [1.807, 2.05) is 30.3 Å². The fourth-order valence-corrected chi connectivity index (χ4v) is 4.54. The molecule has 0 aliphatic carbocycles. The van der Waals surface area contributed by atoms with E-state index < -0.39 is 35.9 Å². The zero-order valence-electron chi connectivity index (χ0n) is 20.5. The quantitative estimate of drug-likeness (QED) is 0.714. The molecule has 2 aliphatic rings. The van der Waals surface area contributed by atoms with Crippen LogP contribution in [0.4, 0.5) is 4.79 Å². The molecule has 1 aromatic carbocycles. The molecule has 10 heteroatoms. The molecule has 0 saturated carbocycles. The second-order valence-electron chi connectivity index (χ2n) is 9.99. The average Bonchev–Trinajstić information content (AvgIpc) is 3.37. The number of nitrogens with zero attached hydrogens (tertiary/aromatic N) is 3. The fraction of sp³-hybridized carbons (Fsp3) is 0.520. The van der Waals surface area contributed by atoms with Gasteiger partial charge in [-0.05, 0) is 45.7 Å². The molecule has 3 atom stereocenters. The van der Waals surface area contributed by atoms with Gasteiger partial charge in [0.05, 0.1) is 12.1 Å². The van der Waals surface area contributed by atoms with Crippen molar-refractivity contribution in [2.75, 3.05) is 20.2 Å². The number of carbonyl (C=O) groups excluding carboxylic acids is 4. The lowest BCUT2D eigenvalue weighted by Gasteiger charge is -2.30. The molecular formula is C25H32N4O6. The largest absolute Gasteiger partial charge is 0.444 e. The summed E-state index contributed by atoms with van der Waals surface area (Å²) in [6.45, 7) is 5.23. The minimum atomic E-state index is -0.852. The Kier molecular flexibility index (Phi) is 6.84. The Bertz CT molecular complexity index is 1140. The standard InChI is InChI=1S/C25H32N4O6/c1-25(2,3)35-24(33)27(4)15-20(30)26-17-12-14-34-21-10-9-19(29(21)22(17)31)23(32)28-13-11-16-7-5-6-8-18(16)28/h5-8,11,13,17,19,21H,9-10,12,14-15H2,1-4H3,(H,26,30). The molecular weight excluding hydrogens is 452 g/mol. The first-order valence-electron chi connectivity index (χ1n) is 11.8. The number of amides is 3. The minimum Gasteiger partial charge on any atom is -0.444 e. The van der Waals surface area contributed by atoms with Crippen molar-refractivity contribution in [3.05, 3.63) is 36.5 Å². The second-order valence-corrected chi connectivity index (χ2v) is 9.99. The molecule has 0 radical (unpaired) electrons. The van der Waals surface area contributed by atoms with Crippen molar-refractivity contribution >= 4 is 34.7 Å². The molecule has 0 spiro atoms. The van der Waals surface area contributed by atoms with Crippen LogP contribution in [0.2, 0.25) is 0 Å². The first-order chi connectivity index (χ1) is 16.5.